The first kappa shape index (κ1) is 24.9. The van der Waals surface area contributed by atoms with E-state index in [4.69, 9.17) is 4.42 Å². The third-order valence-corrected chi connectivity index (χ3v) is 6.34. The molecule has 0 aliphatic carbocycles. The second-order valence-corrected chi connectivity index (χ2v) is 8.81. The first-order valence-corrected chi connectivity index (χ1v) is 12.1. The zero-order valence-electron chi connectivity index (χ0n) is 20.6. The van der Waals surface area contributed by atoms with Crippen molar-refractivity contribution >= 4 is 22.8 Å². The number of amides is 2. The van der Waals surface area contributed by atoms with Gasteiger partial charge in [-0.05, 0) is 83.8 Å². The van der Waals surface area contributed by atoms with Gasteiger partial charge >= 0.3 is 0 Å². The molecule has 0 spiro atoms. The standard InChI is InChI=1S/C31H24F2N2O3/c1-34-31(37)28-26-18-23(10-15-27(26)38-29(28)21-8-13-25(33)14-9-21)20-4-6-22(7-5-20)30(36)35-17-16-19-2-11-24(32)12-3-19/h2-15,18H,16-17H2,1H3,(H,34,37)(H,35,36). The third kappa shape index (κ3) is 5.18. The molecule has 7 heteroatoms. The average molecular weight is 511 g/mol. The van der Waals surface area contributed by atoms with Crippen molar-refractivity contribution in [2.45, 2.75) is 6.42 Å². The molecule has 0 fully saturated rings. The number of hydrogen-bond acceptors (Lipinski definition) is 3. The molecule has 0 radical (unpaired) electrons. The van der Waals surface area contributed by atoms with Gasteiger partial charge in [0, 0.05) is 30.1 Å². The summed E-state index contributed by atoms with van der Waals surface area (Å²) in [5.74, 6) is -0.812. The molecule has 4 aromatic carbocycles. The van der Waals surface area contributed by atoms with E-state index in [0.717, 1.165) is 16.7 Å². The van der Waals surface area contributed by atoms with Crippen LogP contribution in [0.15, 0.2) is 95.4 Å². The van der Waals surface area contributed by atoms with Gasteiger partial charge in [0.2, 0.25) is 0 Å². The van der Waals surface area contributed by atoms with Gasteiger partial charge in [0.1, 0.15) is 23.0 Å². The predicted molar refractivity (Wildman–Crippen MR) is 143 cm³/mol. The number of carbonyl (C=O) groups excluding carboxylic acids is 2. The van der Waals surface area contributed by atoms with Crippen LogP contribution in [0, 0.1) is 11.6 Å². The summed E-state index contributed by atoms with van der Waals surface area (Å²) >= 11 is 0. The van der Waals surface area contributed by atoms with Crippen LogP contribution < -0.4 is 10.6 Å². The van der Waals surface area contributed by atoms with Crippen molar-refractivity contribution in [2.24, 2.45) is 0 Å². The summed E-state index contributed by atoms with van der Waals surface area (Å²) in [7, 11) is 1.54. The Balaban J connectivity index is 1.37. The number of rotatable bonds is 7. The van der Waals surface area contributed by atoms with Gasteiger partial charge in [-0.1, -0.05) is 30.3 Å². The van der Waals surface area contributed by atoms with Gasteiger partial charge in [-0.25, -0.2) is 8.78 Å². The maximum absolute atomic E-state index is 13.4. The highest BCUT2D eigenvalue weighted by Crippen LogP contribution is 2.36. The highest BCUT2D eigenvalue weighted by atomic mass is 19.1. The molecule has 0 aliphatic heterocycles. The summed E-state index contributed by atoms with van der Waals surface area (Å²) in [5, 5.41) is 6.16. The highest BCUT2D eigenvalue weighted by molar-refractivity contribution is 6.11. The summed E-state index contributed by atoms with van der Waals surface area (Å²) in [5.41, 5.74) is 4.66. The van der Waals surface area contributed by atoms with E-state index in [0.29, 0.717) is 46.4 Å². The molecule has 1 heterocycles. The van der Waals surface area contributed by atoms with Crippen LogP contribution in [0.3, 0.4) is 0 Å². The first-order chi connectivity index (χ1) is 18.4. The van der Waals surface area contributed by atoms with E-state index in [1.54, 1.807) is 49.5 Å². The van der Waals surface area contributed by atoms with Crippen LogP contribution in [0.2, 0.25) is 0 Å². The Bertz CT molecular complexity index is 1610. The maximum Gasteiger partial charge on any atom is 0.255 e. The molecule has 0 aliphatic rings. The van der Waals surface area contributed by atoms with Crippen molar-refractivity contribution < 1.29 is 22.8 Å². The van der Waals surface area contributed by atoms with Crippen LogP contribution in [0.25, 0.3) is 33.4 Å². The Hall–Kier alpha value is -4.78. The fraction of sp³-hybridized carbons (Fsp3) is 0.0968. The summed E-state index contributed by atoms with van der Waals surface area (Å²) in [6.45, 7) is 0.433. The summed E-state index contributed by atoms with van der Waals surface area (Å²) in [4.78, 5) is 25.4. The smallest absolute Gasteiger partial charge is 0.255 e. The van der Waals surface area contributed by atoms with Crippen molar-refractivity contribution in [3.8, 4) is 22.5 Å². The molecular formula is C31H24F2N2O3. The van der Waals surface area contributed by atoms with E-state index < -0.39 is 0 Å². The molecule has 5 nitrogen and oxygen atoms in total. The molecule has 1 aromatic heterocycles. The van der Waals surface area contributed by atoms with E-state index in [2.05, 4.69) is 10.6 Å². The average Bonchev–Trinajstić information content (AvgIpc) is 3.33. The molecule has 38 heavy (non-hydrogen) atoms. The van der Waals surface area contributed by atoms with Crippen LogP contribution >= 0.6 is 0 Å². The van der Waals surface area contributed by atoms with E-state index in [1.165, 1.54) is 24.3 Å². The number of benzene rings is 4. The summed E-state index contributed by atoms with van der Waals surface area (Å²) in [6.07, 6.45) is 0.600. The van der Waals surface area contributed by atoms with Crippen molar-refractivity contribution in [2.75, 3.05) is 13.6 Å². The largest absolute Gasteiger partial charge is 0.455 e. The molecular weight excluding hydrogens is 486 g/mol. The fourth-order valence-electron chi connectivity index (χ4n) is 4.32. The highest BCUT2D eigenvalue weighted by Gasteiger charge is 2.22. The lowest BCUT2D eigenvalue weighted by Crippen LogP contribution is -2.25. The number of fused-ring (bicyclic) bond motifs is 1. The second kappa shape index (κ2) is 10.7. The minimum atomic E-state index is -0.376. The predicted octanol–water partition coefficient (Wildman–Crippen LogP) is 6.38. The molecule has 5 aromatic rings. The van der Waals surface area contributed by atoms with Crippen LogP contribution in [-0.4, -0.2) is 25.4 Å². The molecule has 2 amide bonds. The molecule has 5 rings (SSSR count). The quantitative estimate of drug-likeness (QED) is 0.267. The third-order valence-electron chi connectivity index (χ3n) is 6.34. The van der Waals surface area contributed by atoms with Gasteiger partial charge in [-0.3, -0.25) is 9.59 Å². The lowest BCUT2D eigenvalue weighted by Gasteiger charge is -2.07. The van der Waals surface area contributed by atoms with Crippen molar-refractivity contribution in [1.29, 1.82) is 0 Å². The minimum absolute atomic E-state index is 0.199. The summed E-state index contributed by atoms with van der Waals surface area (Å²) in [6, 6.07) is 24.7. The van der Waals surface area contributed by atoms with Crippen LogP contribution in [0.4, 0.5) is 8.78 Å². The zero-order valence-corrected chi connectivity index (χ0v) is 20.6. The Kier molecular flexibility index (Phi) is 7.00. The number of hydrogen-bond donors (Lipinski definition) is 2. The SMILES string of the molecule is CNC(=O)c1c(-c2ccc(F)cc2)oc2ccc(-c3ccc(C(=O)NCCc4ccc(F)cc4)cc3)cc12. The normalized spacial score (nSPS) is 10.9. The van der Waals surface area contributed by atoms with Crippen molar-refractivity contribution in [3.63, 3.8) is 0 Å². The Morgan fingerprint density at radius 3 is 2.00 bits per heavy atom. The number of furan rings is 1. The number of carbonyl (C=O) groups is 2. The van der Waals surface area contributed by atoms with Gasteiger partial charge in [-0.2, -0.15) is 0 Å². The van der Waals surface area contributed by atoms with Gasteiger partial charge in [0.15, 0.2) is 0 Å². The molecule has 2 N–H and O–H groups in total. The van der Waals surface area contributed by atoms with Gasteiger partial charge in [-0.15, -0.1) is 0 Å². The van der Waals surface area contributed by atoms with E-state index in [-0.39, 0.29) is 23.4 Å². The Morgan fingerprint density at radius 2 is 1.34 bits per heavy atom. The molecule has 0 atom stereocenters. The van der Waals surface area contributed by atoms with E-state index >= 15 is 0 Å². The van der Waals surface area contributed by atoms with Gasteiger partial charge in [0.05, 0.1) is 5.56 Å². The summed E-state index contributed by atoms with van der Waals surface area (Å²) < 4.78 is 32.5. The monoisotopic (exact) mass is 510 g/mol. The Morgan fingerprint density at radius 1 is 0.737 bits per heavy atom. The van der Waals surface area contributed by atoms with E-state index in [9.17, 15) is 18.4 Å². The van der Waals surface area contributed by atoms with Crippen LogP contribution in [-0.2, 0) is 6.42 Å². The lowest BCUT2D eigenvalue weighted by atomic mass is 9.99. The van der Waals surface area contributed by atoms with Crippen LogP contribution in [0.1, 0.15) is 26.3 Å². The van der Waals surface area contributed by atoms with Crippen molar-refractivity contribution in [1.82, 2.24) is 10.6 Å². The van der Waals surface area contributed by atoms with E-state index in [1.807, 2.05) is 24.3 Å². The number of halogens is 2. The first-order valence-electron chi connectivity index (χ1n) is 12.1. The molecule has 0 bridgehead atoms. The molecule has 0 saturated heterocycles. The lowest BCUT2D eigenvalue weighted by molar-refractivity contribution is 0.0949. The van der Waals surface area contributed by atoms with Crippen LogP contribution in [0.5, 0.6) is 0 Å². The fourth-order valence-corrected chi connectivity index (χ4v) is 4.32. The molecule has 0 saturated carbocycles. The number of nitrogens with one attached hydrogen (secondary N) is 2. The second-order valence-electron chi connectivity index (χ2n) is 8.81. The molecule has 0 unspecified atom stereocenters. The topological polar surface area (TPSA) is 71.3 Å². The Labute approximate surface area is 218 Å². The van der Waals surface area contributed by atoms with Crippen molar-refractivity contribution in [3.05, 3.63) is 119 Å². The maximum atomic E-state index is 13.4. The zero-order chi connectivity index (χ0) is 26.6. The molecule has 190 valence electrons. The minimum Gasteiger partial charge on any atom is -0.455 e. The van der Waals surface area contributed by atoms with Gasteiger partial charge in [0.25, 0.3) is 11.8 Å². The van der Waals surface area contributed by atoms with Gasteiger partial charge < -0.3 is 15.1 Å².